The van der Waals surface area contributed by atoms with E-state index >= 15 is 0 Å². The van der Waals surface area contributed by atoms with Gasteiger partial charge in [-0.05, 0) is 12.1 Å². The van der Waals surface area contributed by atoms with Crippen LogP contribution in [0.4, 0.5) is 0 Å². The first-order chi connectivity index (χ1) is 17.5. The molecule has 36 heavy (non-hydrogen) atoms. The average Bonchev–Trinajstić information content (AvgIpc) is 3.51. The van der Waals surface area contributed by atoms with Gasteiger partial charge in [0.15, 0.2) is 23.0 Å². The zero-order valence-corrected chi connectivity index (χ0v) is 18.2. The molecule has 0 unspecified atom stereocenters. The van der Waals surface area contributed by atoms with E-state index in [-0.39, 0.29) is 35.8 Å². The minimum atomic E-state index is -1.39. The Morgan fingerprint density at radius 3 is 1.00 bits per heavy atom. The maximum atomic E-state index is 11.8. The van der Waals surface area contributed by atoms with Crippen LogP contribution in [0.15, 0.2) is 36.4 Å². The van der Waals surface area contributed by atoms with Gasteiger partial charge in [0.2, 0.25) is 13.6 Å². The normalized spacial score (nSPS) is 13.0. The zero-order valence-electron chi connectivity index (χ0n) is 18.2. The van der Waals surface area contributed by atoms with Crippen molar-refractivity contribution >= 4 is 11.9 Å². The van der Waals surface area contributed by atoms with E-state index in [0.717, 1.165) is 0 Å². The lowest BCUT2D eigenvalue weighted by atomic mass is 9.96. The van der Waals surface area contributed by atoms with Gasteiger partial charge in [0.25, 0.3) is 0 Å². The molecular weight excluding hydrogens is 464 g/mol. The highest BCUT2D eigenvalue weighted by molar-refractivity contribution is 6.02. The van der Waals surface area contributed by atoms with Gasteiger partial charge in [-0.3, -0.25) is 0 Å². The number of hydrogen-bond acceptors (Lipinski definition) is 6. The second-order valence-electron chi connectivity index (χ2n) is 7.81. The lowest BCUT2D eigenvalue weighted by molar-refractivity contribution is 0.0651. The lowest BCUT2D eigenvalue weighted by Gasteiger charge is -2.06. The van der Waals surface area contributed by atoms with E-state index in [0.29, 0.717) is 45.3 Å². The molecule has 3 aromatic rings. The number of hydrogen-bond donors (Lipinski definition) is 2. The minimum Gasteiger partial charge on any atom is -0.478 e. The quantitative estimate of drug-likeness (QED) is 0.425. The van der Waals surface area contributed by atoms with Crippen LogP contribution in [0, 0.1) is 35.5 Å². The summed E-state index contributed by atoms with van der Waals surface area (Å²) in [6.45, 7) is 0.143. The van der Waals surface area contributed by atoms with Gasteiger partial charge in [-0.25, -0.2) is 9.59 Å². The number of carbonyl (C=O) groups is 2. The van der Waals surface area contributed by atoms with Crippen molar-refractivity contribution in [2.24, 2.45) is 0 Å². The lowest BCUT2D eigenvalue weighted by Crippen LogP contribution is -2.09. The SMILES string of the molecule is O=C(O)c1cc2c(cc1C(=O)O)C#Cc1cc3c(cc1C#Cc1cc4c(cc1C#C2)OCO4)OCO3. The molecule has 2 heterocycles. The van der Waals surface area contributed by atoms with Gasteiger partial charge in [-0.15, -0.1) is 0 Å². The third-order valence-electron chi connectivity index (χ3n) is 5.64. The van der Waals surface area contributed by atoms with Crippen LogP contribution in [-0.4, -0.2) is 35.7 Å². The Bertz CT molecular complexity index is 1590. The van der Waals surface area contributed by atoms with E-state index < -0.39 is 11.9 Å². The van der Waals surface area contributed by atoms with E-state index in [2.05, 4.69) is 35.5 Å². The molecule has 8 nitrogen and oxygen atoms in total. The van der Waals surface area contributed by atoms with Crippen LogP contribution in [0.1, 0.15) is 54.1 Å². The molecule has 0 spiro atoms. The fourth-order valence-corrected chi connectivity index (χ4v) is 3.86. The van der Waals surface area contributed by atoms with Crippen LogP contribution in [0.5, 0.6) is 23.0 Å². The molecular formula is C28H12O8. The van der Waals surface area contributed by atoms with Crippen molar-refractivity contribution in [3.63, 3.8) is 0 Å². The van der Waals surface area contributed by atoms with Gasteiger partial charge in [0.05, 0.1) is 11.1 Å². The van der Waals surface area contributed by atoms with E-state index in [4.69, 9.17) is 18.9 Å². The molecule has 0 fully saturated rings. The molecule has 0 saturated carbocycles. The maximum Gasteiger partial charge on any atom is 0.336 e. The first-order valence-electron chi connectivity index (χ1n) is 10.5. The summed E-state index contributed by atoms with van der Waals surface area (Å²) in [7, 11) is 0. The second kappa shape index (κ2) is 8.06. The zero-order chi connectivity index (χ0) is 24.8. The Hall–Kier alpha value is -5.52. The van der Waals surface area contributed by atoms with E-state index in [1.807, 2.05) is 0 Å². The molecule has 172 valence electrons. The summed E-state index contributed by atoms with van der Waals surface area (Å²) in [5.74, 6) is 17.4. The summed E-state index contributed by atoms with van der Waals surface area (Å²) in [4.78, 5) is 23.5. The first kappa shape index (κ1) is 21.0. The van der Waals surface area contributed by atoms with Crippen molar-refractivity contribution < 1.29 is 38.7 Å². The molecule has 0 radical (unpaired) electrons. The first-order valence-corrected chi connectivity index (χ1v) is 10.5. The summed E-state index contributed by atoms with van der Waals surface area (Å²) < 4.78 is 21.9. The van der Waals surface area contributed by atoms with Crippen LogP contribution in [0.2, 0.25) is 0 Å². The van der Waals surface area contributed by atoms with Crippen molar-refractivity contribution in [2.45, 2.75) is 0 Å². The second-order valence-corrected chi connectivity index (χ2v) is 7.81. The van der Waals surface area contributed by atoms with Crippen molar-refractivity contribution in [3.8, 4) is 58.5 Å². The molecule has 1 aliphatic carbocycles. The summed E-state index contributed by atoms with van der Waals surface area (Å²) in [6, 6.07) is 9.27. The van der Waals surface area contributed by atoms with E-state index in [9.17, 15) is 19.8 Å². The Morgan fingerprint density at radius 1 is 0.500 bits per heavy atom. The molecule has 3 aliphatic rings. The van der Waals surface area contributed by atoms with Crippen LogP contribution in [-0.2, 0) is 0 Å². The van der Waals surface area contributed by atoms with Crippen molar-refractivity contribution in [3.05, 3.63) is 80.9 Å². The molecule has 0 atom stereocenters. The van der Waals surface area contributed by atoms with Gasteiger partial charge in [-0.1, -0.05) is 35.5 Å². The predicted molar refractivity (Wildman–Crippen MR) is 123 cm³/mol. The number of aromatic carboxylic acids is 2. The van der Waals surface area contributed by atoms with Gasteiger partial charge < -0.3 is 29.2 Å². The fourth-order valence-electron chi connectivity index (χ4n) is 3.86. The molecule has 0 saturated heterocycles. The monoisotopic (exact) mass is 476 g/mol. The fraction of sp³-hybridized carbons (Fsp3) is 0.0714. The Kier molecular flexibility index (Phi) is 4.71. The number of fused-ring (bicyclic) bond motifs is 5. The van der Waals surface area contributed by atoms with Crippen LogP contribution in [0.25, 0.3) is 0 Å². The predicted octanol–water partition coefficient (Wildman–Crippen LogP) is 3.05. The number of carboxylic acid groups (broad SMARTS) is 2. The average molecular weight is 476 g/mol. The van der Waals surface area contributed by atoms with E-state index in [1.165, 1.54) is 12.1 Å². The van der Waals surface area contributed by atoms with Gasteiger partial charge in [-0.2, -0.15) is 0 Å². The van der Waals surface area contributed by atoms with E-state index in [1.54, 1.807) is 24.3 Å². The standard InChI is InChI=1S/C28H12O8/c29-27(30)21-7-15-1-3-17-9-23-25(35-13-33-23)11-19(17)5-6-20-12-26-24(34-14-36-26)10-18(20)4-2-16(15)8-22(21)28(31)32/h7-12H,13-14H2,(H,29,30)(H,31,32). The number of benzene rings is 3. The highest BCUT2D eigenvalue weighted by Gasteiger charge is 2.21. The largest absolute Gasteiger partial charge is 0.478 e. The van der Waals surface area contributed by atoms with Gasteiger partial charge >= 0.3 is 11.9 Å². The molecule has 6 rings (SSSR count). The highest BCUT2D eigenvalue weighted by Crippen LogP contribution is 2.36. The van der Waals surface area contributed by atoms with Crippen molar-refractivity contribution in [1.29, 1.82) is 0 Å². The summed E-state index contributed by atoms with van der Waals surface area (Å²) in [5.41, 5.74) is 1.89. The number of carboxylic acids is 2. The molecule has 2 N–H and O–H groups in total. The molecule has 8 heteroatoms. The number of rotatable bonds is 2. The van der Waals surface area contributed by atoms with Crippen LogP contribution >= 0.6 is 0 Å². The Morgan fingerprint density at radius 2 is 0.750 bits per heavy atom. The number of ether oxygens (including phenoxy) is 4. The van der Waals surface area contributed by atoms with Crippen LogP contribution < -0.4 is 18.9 Å². The molecule has 0 aromatic heterocycles. The third-order valence-corrected chi connectivity index (χ3v) is 5.64. The molecule has 2 aliphatic heterocycles. The van der Waals surface area contributed by atoms with Gasteiger partial charge in [0, 0.05) is 57.6 Å². The summed E-state index contributed by atoms with van der Waals surface area (Å²) in [6.07, 6.45) is 0. The third kappa shape index (κ3) is 3.58. The van der Waals surface area contributed by atoms with Crippen molar-refractivity contribution in [2.75, 3.05) is 13.6 Å². The Labute approximate surface area is 204 Å². The van der Waals surface area contributed by atoms with Crippen molar-refractivity contribution in [1.82, 2.24) is 0 Å². The molecule has 0 bridgehead atoms. The van der Waals surface area contributed by atoms with Crippen LogP contribution in [0.3, 0.4) is 0 Å². The molecule has 3 aromatic carbocycles. The highest BCUT2D eigenvalue weighted by atomic mass is 16.7. The summed E-state index contributed by atoms with van der Waals surface area (Å²) in [5, 5.41) is 19.2. The smallest absolute Gasteiger partial charge is 0.336 e. The summed E-state index contributed by atoms with van der Waals surface area (Å²) >= 11 is 0. The molecule has 0 amide bonds. The maximum absolute atomic E-state index is 11.8. The topological polar surface area (TPSA) is 112 Å². The minimum absolute atomic E-state index is 0.0714. The Balaban J connectivity index is 1.65. The van der Waals surface area contributed by atoms with Gasteiger partial charge in [0.1, 0.15) is 0 Å².